The van der Waals surface area contributed by atoms with Gasteiger partial charge in [0.2, 0.25) is 5.82 Å². The van der Waals surface area contributed by atoms with Gasteiger partial charge in [-0.05, 0) is 24.1 Å². The van der Waals surface area contributed by atoms with Gasteiger partial charge in [0.05, 0.1) is 19.7 Å². The lowest BCUT2D eigenvalue weighted by molar-refractivity contribution is -0.0755. The standard InChI is InChI=1S/C17H19FN4O3/c1-24-14-7-22(16(23)15-19-10-20-21-15)9-17(14)6-12(8-25-17)11-3-2-4-13(18)5-11/h2-5,10,12,14H,6-9H2,1H3,(H,19,20,21)/t12-,14-,17-/m1/s1. The minimum absolute atomic E-state index is 0.0775. The number of halogens is 1. The van der Waals surface area contributed by atoms with Crippen LogP contribution in [0.5, 0.6) is 0 Å². The van der Waals surface area contributed by atoms with Crippen LogP contribution in [0.25, 0.3) is 0 Å². The molecule has 7 nitrogen and oxygen atoms in total. The number of benzene rings is 1. The molecule has 0 saturated carbocycles. The molecule has 3 heterocycles. The highest BCUT2D eigenvalue weighted by molar-refractivity contribution is 5.90. The summed E-state index contributed by atoms with van der Waals surface area (Å²) in [6, 6.07) is 6.59. The maximum atomic E-state index is 13.5. The molecule has 1 spiro atoms. The Morgan fingerprint density at radius 3 is 3.12 bits per heavy atom. The minimum atomic E-state index is -0.582. The molecule has 25 heavy (non-hydrogen) atoms. The van der Waals surface area contributed by atoms with E-state index in [2.05, 4.69) is 15.2 Å². The summed E-state index contributed by atoms with van der Waals surface area (Å²) in [6.07, 6.45) is 1.74. The number of hydrogen-bond donors (Lipinski definition) is 1. The molecule has 1 N–H and O–H groups in total. The van der Waals surface area contributed by atoms with Crippen molar-refractivity contribution in [2.75, 3.05) is 26.8 Å². The number of carbonyl (C=O) groups is 1. The first kappa shape index (κ1) is 16.2. The monoisotopic (exact) mass is 346 g/mol. The van der Waals surface area contributed by atoms with Crippen molar-refractivity contribution in [1.82, 2.24) is 20.1 Å². The molecule has 2 fully saturated rings. The molecule has 0 bridgehead atoms. The molecule has 0 radical (unpaired) electrons. The second-order valence-electron chi connectivity index (χ2n) is 6.58. The van der Waals surface area contributed by atoms with E-state index in [1.54, 1.807) is 24.1 Å². The van der Waals surface area contributed by atoms with Gasteiger partial charge in [-0.15, -0.1) is 0 Å². The predicted molar refractivity (Wildman–Crippen MR) is 85.5 cm³/mol. The largest absolute Gasteiger partial charge is 0.377 e. The van der Waals surface area contributed by atoms with E-state index in [-0.39, 0.29) is 29.6 Å². The minimum Gasteiger partial charge on any atom is -0.377 e. The Kier molecular flexibility index (Phi) is 4.01. The summed E-state index contributed by atoms with van der Waals surface area (Å²) in [5.74, 6) is -0.204. The van der Waals surface area contributed by atoms with Crippen LogP contribution < -0.4 is 0 Å². The number of ether oxygens (including phenoxy) is 2. The van der Waals surface area contributed by atoms with Crippen LogP contribution in [-0.2, 0) is 9.47 Å². The number of rotatable bonds is 3. The molecule has 0 unspecified atom stereocenters. The number of aromatic nitrogens is 3. The maximum Gasteiger partial charge on any atom is 0.291 e. The molecule has 2 aliphatic heterocycles. The average molecular weight is 346 g/mol. The van der Waals surface area contributed by atoms with E-state index in [1.807, 2.05) is 6.07 Å². The summed E-state index contributed by atoms with van der Waals surface area (Å²) in [7, 11) is 1.62. The number of hydrogen-bond acceptors (Lipinski definition) is 5. The molecule has 0 aliphatic carbocycles. The van der Waals surface area contributed by atoms with Crippen molar-refractivity contribution in [3.8, 4) is 0 Å². The van der Waals surface area contributed by atoms with Crippen molar-refractivity contribution in [3.05, 3.63) is 47.8 Å². The Balaban J connectivity index is 1.54. The lowest BCUT2D eigenvalue weighted by Crippen LogP contribution is -2.42. The molecule has 3 atom stereocenters. The number of nitrogens with zero attached hydrogens (tertiary/aromatic N) is 3. The number of likely N-dealkylation sites (tertiary alicyclic amines) is 1. The van der Waals surface area contributed by atoms with Crippen molar-refractivity contribution in [2.45, 2.75) is 24.0 Å². The number of H-pyrrole nitrogens is 1. The fraction of sp³-hybridized carbons (Fsp3) is 0.471. The zero-order valence-electron chi connectivity index (χ0n) is 13.8. The van der Waals surface area contributed by atoms with E-state index in [0.29, 0.717) is 26.1 Å². The molecule has 2 aliphatic rings. The van der Waals surface area contributed by atoms with E-state index in [4.69, 9.17) is 9.47 Å². The number of methoxy groups -OCH3 is 1. The van der Waals surface area contributed by atoms with E-state index in [0.717, 1.165) is 5.56 Å². The highest BCUT2D eigenvalue weighted by Crippen LogP contribution is 2.43. The first-order valence-corrected chi connectivity index (χ1v) is 8.18. The van der Waals surface area contributed by atoms with Crippen molar-refractivity contribution in [2.24, 2.45) is 0 Å². The van der Waals surface area contributed by atoms with Gasteiger partial charge in [0, 0.05) is 13.0 Å². The first-order valence-electron chi connectivity index (χ1n) is 8.18. The molecular weight excluding hydrogens is 327 g/mol. The molecule has 4 rings (SSSR count). The Morgan fingerprint density at radius 1 is 1.52 bits per heavy atom. The Bertz CT molecular complexity index is 769. The Hall–Kier alpha value is -2.32. The highest BCUT2D eigenvalue weighted by Gasteiger charge is 2.54. The molecule has 1 aromatic carbocycles. The summed E-state index contributed by atoms with van der Waals surface area (Å²) < 4.78 is 25.3. The third kappa shape index (κ3) is 2.81. The Morgan fingerprint density at radius 2 is 2.40 bits per heavy atom. The molecule has 8 heteroatoms. The molecular formula is C17H19FN4O3. The zero-order chi connectivity index (χ0) is 17.4. The van der Waals surface area contributed by atoms with Crippen molar-refractivity contribution in [1.29, 1.82) is 0 Å². The van der Waals surface area contributed by atoms with Gasteiger partial charge in [-0.1, -0.05) is 12.1 Å². The van der Waals surface area contributed by atoms with Crippen LogP contribution >= 0.6 is 0 Å². The molecule has 1 aromatic heterocycles. The van der Waals surface area contributed by atoms with E-state index in [1.165, 1.54) is 12.4 Å². The van der Waals surface area contributed by atoms with Crippen LogP contribution in [-0.4, -0.2) is 64.5 Å². The molecule has 2 aromatic rings. The second kappa shape index (κ2) is 6.20. The third-order valence-corrected chi connectivity index (χ3v) is 5.10. The number of nitrogens with one attached hydrogen (secondary N) is 1. The predicted octanol–water partition coefficient (Wildman–Crippen LogP) is 1.36. The lowest BCUT2D eigenvalue weighted by atomic mass is 9.87. The van der Waals surface area contributed by atoms with Crippen molar-refractivity contribution in [3.63, 3.8) is 0 Å². The molecule has 1 amide bonds. The van der Waals surface area contributed by atoms with Crippen LogP contribution in [0.2, 0.25) is 0 Å². The van der Waals surface area contributed by atoms with E-state index in [9.17, 15) is 9.18 Å². The molecule has 132 valence electrons. The van der Waals surface area contributed by atoms with Crippen LogP contribution in [0, 0.1) is 5.82 Å². The summed E-state index contributed by atoms with van der Waals surface area (Å²) >= 11 is 0. The van der Waals surface area contributed by atoms with E-state index < -0.39 is 5.60 Å². The number of amides is 1. The van der Waals surface area contributed by atoms with Gasteiger partial charge in [-0.3, -0.25) is 9.89 Å². The van der Waals surface area contributed by atoms with Gasteiger partial charge in [0.25, 0.3) is 5.91 Å². The number of aromatic amines is 1. The highest BCUT2D eigenvalue weighted by atomic mass is 19.1. The topological polar surface area (TPSA) is 80.3 Å². The van der Waals surface area contributed by atoms with Crippen molar-refractivity contribution < 1.29 is 18.7 Å². The second-order valence-corrected chi connectivity index (χ2v) is 6.58. The zero-order valence-corrected chi connectivity index (χ0v) is 13.8. The first-order chi connectivity index (χ1) is 12.1. The van der Waals surface area contributed by atoms with Gasteiger partial charge in [-0.2, -0.15) is 5.10 Å². The molecule has 2 saturated heterocycles. The van der Waals surface area contributed by atoms with Gasteiger partial charge < -0.3 is 14.4 Å². The van der Waals surface area contributed by atoms with Gasteiger partial charge in [0.15, 0.2) is 0 Å². The van der Waals surface area contributed by atoms with Gasteiger partial charge in [-0.25, -0.2) is 9.37 Å². The quantitative estimate of drug-likeness (QED) is 0.908. The average Bonchev–Trinajstić information content (AvgIpc) is 3.35. The summed E-state index contributed by atoms with van der Waals surface area (Å²) in [6.45, 7) is 1.32. The van der Waals surface area contributed by atoms with Crippen LogP contribution in [0.1, 0.15) is 28.5 Å². The lowest BCUT2D eigenvalue weighted by Gasteiger charge is -2.28. The normalized spacial score (nSPS) is 28.8. The maximum absolute atomic E-state index is 13.5. The van der Waals surface area contributed by atoms with Gasteiger partial charge >= 0.3 is 0 Å². The van der Waals surface area contributed by atoms with Crippen molar-refractivity contribution >= 4 is 5.91 Å². The van der Waals surface area contributed by atoms with Gasteiger partial charge in [0.1, 0.15) is 23.8 Å². The SMILES string of the molecule is CO[C@@H]1CN(C(=O)c2ncn[nH]2)C[C@]12C[C@@H](c1cccc(F)c1)CO2. The Labute approximate surface area is 144 Å². The fourth-order valence-electron chi connectivity index (χ4n) is 3.87. The smallest absolute Gasteiger partial charge is 0.291 e. The number of carbonyl (C=O) groups excluding carboxylic acids is 1. The van der Waals surface area contributed by atoms with E-state index >= 15 is 0 Å². The summed E-state index contributed by atoms with van der Waals surface area (Å²) in [4.78, 5) is 18.1. The van der Waals surface area contributed by atoms with Crippen LogP contribution in [0.4, 0.5) is 4.39 Å². The van der Waals surface area contributed by atoms with Crippen LogP contribution in [0.3, 0.4) is 0 Å². The fourth-order valence-corrected chi connectivity index (χ4v) is 3.87. The van der Waals surface area contributed by atoms with Crippen LogP contribution in [0.15, 0.2) is 30.6 Å². The summed E-state index contributed by atoms with van der Waals surface area (Å²) in [5.41, 5.74) is 0.327. The summed E-state index contributed by atoms with van der Waals surface area (Å²) in [5, 5.41) is 6.31. The third-order valence-electron chi connectivity index (χ3n) is 5.10.